The van der Waals surface area contributed by atoms with Crippen molar-refractivity contribution in [3.8, 4) is 11.5 Å². The number of allylic oxidation sites excluding steroid dienone is 1. The molecular formula is C25H27ClN4O4. The first-order chi connectivity index (χ1) is 16.5. The van der Waals surface area contributed by atoms with Gasteiger partial charge in [0.05, 0.1) is 18.8 Å². The average molecular weight is 483 g/mol. The van der Waals surface area contributed by atoms with Gasteiger partial charge in [-0.1, -0.05) is 36.7 Å². The zero-order chi connectivity index (χ0) is 24.1. The largest absolute Gasteiger partial charge is 0.490 e. The Labute approximate surface area is 203 Å². The molecule has 34 heavy (non-hydrogen) atoms. The smallest absolute Gasteiger partial charge is 0.338 e. The number of benzene rings is 2. The number of nitrogens with one attached hydrogen (secondary N) is 1. The number of carbonyl (C=O) groups is 1. The number of anilines is 1. The summed E-state index contributed by atoms with van der Waals surface area (Å²) in [4.78, 5) is 17.3. The Morgan fingerprint density at radius 2 is 1.91 bits per heavy atom. The van der Waals surface area contributed by atoms with Gasteiger partial charge in [0, 0.05) is 10.7 Å². The van der Waals surface area contributed by atoms with Crippen LogP contribution in [-0.2, 0) is 16.1 Å². The zero-order valence-corrected chi connectivity index (χ0v) is 20.1. The second-order valence-corrected chi connectivity index (χ2v) is 8.22. The molecule has 0 radical (unpaired) electrons. The van der Waals surface area contributed by atoms with Crippen LogP contribution < -0.4 is 14.8 Å². The van der Waals surface area contributed by atoms with Crippen LogP contribution >= 0.6 is 11.6 Å². The Bertz CT molecular complexity index is 1190. The molecule has 0 bridgehead atoms. The van der Waals surface area contributed by atoms with Gasteiger partial charge < -0.3 is 19.5 Å². The maximum atomic E-state index is 13.0. The molecule has 4 rings (SSSR count). The van der Waals surface area contributed by atoms with Gasteiger partial charge in [0.1, 0.15) is 19.0 Å². The fraction of sp³-hybridized carbons (Fsp3) is 0.320. The Morgan fingerprint density at radius 3 is 2.65 bits per heavy atom. The van der Waals surface area contributed by atoms with Gasteiger partial charge in [-0.2, -0.15) is 10.1 Å². The molecule has 1 aliphatic heterocycles. The lowest BCUT2D eigenvalue weighted by molar-refractivity contribution is -0.139. The highest BCUT2D eigenvalue weighted by atomic mass is 35.5. The summed E-state index contributed by atoms with van der Waals surface area (Å²) in [5, 5.41) is 8.18. The molecule has 0 spiro atoms. The van der Waals surface area contributed by atoms with Crippen LogP contribution in [0.15, 0.2) is 60.1 Å². The molecule has 2 heterocycles. The summed E-state index contributed by atoms with van der Waals surface area (Å²) in [6.07, 6.45) is 2.19. The van der Waals surface area contributed by atoms with Crippen molar-refractivity contribution in [2.24, 2.45) is 0 Å². The molecule has 0 fully saturated rings. The third-order valence-corrected chi connectivity index (χ3v) is 5.59. The van der Waals surface area contributed by atoms with E-state index in [0.29, 0.717) is 53.6 Å². The van der Waals surface area contributed by atoms with Gasteiger partial charge in [-0.3, -0.25) is 0 Å². The summed E-state index contributed by atoms with van der Waals surface area (Å²) < 4.78 is 19.1. The Hall–Kier alpha value is -3.52. The summed E-state index contributed by atoms with van der Waals surface area (Å²) in [6, 6.07) is 12.6. The Balaban J connectivity index is 1.68. The van der Waals surface area contributed by atoms with E-state index in [4.69, 9.17) is 25.8 Å². The van der Waals surface area contributed by atoms with Gasteiger partial charge in [0.2, 0.25) is 5.95 Å². The maximum Gasteiger partial charge on any atom is 0.338 e. The molecule has 1 atom stereocenters. The molecule has 0 amide bonds. The van der Waals surface area contributed by atoms with Gasteiger partial charge in [0.25, 0.3) is 0 Å². The van der Waals surface area contributed by atoms with E-state index >= 15 is 0 Å². The van der Waals surface area contributed by atoms with Crippen LogP contribution in [0, 0.1) is 0 Å². The third kappa shape index (κ3) is 5.02. The number of hydrogen-bond acceptors (Lipinski definition) is 7. The van der Waals surface area contributed by atoms with Gasteiger partial charge in [0.15, 0.2) is 11.5 Å². The van der Waals surface area contributed by atoms with E-state index < -0.39 is 6.04 Å². The fourth-order valence-corrected chi connectivity index (χ4v) is 3.89. The normalized spacial score (nSPS) is 14.9. The number of aromatic nitrogens is 3. The predicted octanol–water partition coefficient (Wildman–Crippen LogP) is 5.15. The number of ether oxygens (including phenoxy) is 3. The van der Waals surface area contributed by atoms with Crippen molar-refractivity contribution in [2.75, 3.05) is 18.5 Å². The van der Waals surface area contributed by atoms with Gasteiger partial charge in [-0.05, 0) is 55.7 Å². The van der Waals surface area contributed by atoms with Crippen molar-refractivity contribution in [2.45, 2.75) is 39.8 Å². The number of rotatable bonds is 9. The highest BCUT2D eigenvalue weighted by Gasteiger charge is 2.34. The van der Waals surface area contributed by atoms with E-state index in [2.05, 4.69) is 15.4 Å². The molecule has 2 aromatic carbocycles. The minimum atomic E-state index is -0.521. The monoisotopic (exact) mass is 482 g/mol. The van der Waals surface area contributed by atoms with E-state index in [1.54, 1.807) is 4.68 Å². The number of nitrogens with zero attached hydrogens (tertiary/aromatic N) is 3. The van der Waals surface area contributed by atoms with E-state index in [0.717, 1.165) is 17.5 Å². The summed E-state index contributed by atoms with van der Waals surface area (Å²) in [6.45, 7) is 6.87. The van der Waals surface area contributed by atoms with Crippen molar-refractivity contribution in [3.63, 3.8) is 0 Å². The van der Waals surface area contributed by atoms with Crippen molar-refractivity contribution >= 4 is 23.5 Å². The van der Waals surface area contributed by atoms with Gasteiger partial charge in [-0.15, -0.1) is 0 Å². The SMILES string of the molecule is CCCOC(=O)C1=C(C)Nc2ncnn2C1c1ccc(OCc2ccc(Cl)cc2)c(OCC)c1. The summed E-state index contributed by atoms with van der Waals surface area (Å²) >= 11 is 5.97. The lowest BCUT2D eigenvalue weighted by Crippen LogP contribution is -2.29. The van der Waals surface area contributed by atoms with Crippen LogP contribution in [0.5, 0.6) is 11.5 Å². The van der Waals surface area contributed by atoms with E-state index in [-0.39, 0.29) is 5.97 Å². The van der Waals surface area contributed by atoms with Crippen LogP contribution in [0.4, 0.5) is 5.95 Å². The van der Waals surface area contributed by atoms with E-state index in [1.807, 2.05) is 63.2 Å². The molecule has 1 aromatic heterocycles. The molecule has 1 N–H and O–H groups in total. The van der Waals surface area contributed by atoms with Crippen LogP contribution in [0.3, 0.4) is 0 Å². The number of hydrogen-bond donors (Lipinski definition) is 1. The van der Waals surface area contributed by atoms with Gasteiger partial charge in [-0.25, -0.2) is 9.48 Å². The molecule has 0 saturated heterocycles. The molecule has 0 saturated carbocycles. The van der Waals surface area contributed by atoms with Gasteiger partial charge >= 0.3 is 5.97 Å². The third-order valence-electron chi connectivity index (χ3n) is 5.34. The minimum absolute atomic E-state index is 0.341. The molecular weight excluding hydrogens is 456 g/mol. The highest BCUT2D eigenvalue weighted by Crippen LogP contribution is 2.39. The molecule has 178 valence electrons. The first-order valence-electron chi connectivity index (χ1n) is 11.2. The molecule has 1 unspecified atom stereocenters. The average Bonchev–Trinajstić information content (AvgIpc) is 3.30. The summed E-state index contributed by atoms with van der Waals surface area (Å²) in [7, 11) is 0. The molecule has 0 aliphatic carbocycles. The summed E-state index contributed by atoms with van der Waals surface area (Å²) in [5.74, 6) is 1.34. The van der Waals surface area contributed by atoms with Crippen molar-refractivity contribution in [3.05, 3.63) is 76.2 Å². The second-order valence-electron chi connectivity index (χ2n) is 7.78. The number of fused-ring (bicyclic) bond motifs is 1. The fourth-order valence-electron chi connectivity index (χ4n) is 3.76. The zero-order valence-electron chi connectivity index (χ0n) is 19.4. The standard InChI is InChI=1S/C25H27ClN4O4/c1-4-12-33-24(31)22-16(3)29-25-27-15-28-30(25)23(22)18-8-11-20(21(13-18)32-5-2)34-14-17-6-9-19(26)10-7-17/h6-11,13,15,23H,4-5,12,14H2,1-3H3,(H,27,28,29). The lowest BCUT2D eigenvalue weighted by atomic mass is 9.95. The second kappa shape index (κ2) is 10.6. The van der Waals surface area contributed by atoms with E-state index in [9.17, 15) is 4.79 Å². The number of esters is 1. The minimum Gasteiger partial charge on any atom is -0.490 e. The van der Waals surface area contributed by atoms with Crippen LogP contribution in [0.1, 0.15) is 44.4 Å². The van der Waals surface area contributed by atoms with E-state index in [1.165, 1.54) is 6.33 Å². The molecule has 8 nitrogen and oxygen atoms in total. The van der Waals surface area contributed by atoms with Crippen LogP contribution in [-0.4, -0.2) is 33.9 Å². The van der Waals surface area contributed by atoms with Crippen molar-refractivity contribution in [1.29, 1.82) is 0 Å². The topological polar surface area (TPSA) is 87.5 Å². The highest BCUT2D eigenvalue weighted by molar-refractivity contribution is 6.30. The first-order valence-corrected chi connectivity index (χ1v) is 11.6. The maximum absolute atomic E-state index is 13.0. The molecule has 9 heteroatoms. The Morgan fingerprint density at radius 1 is 1.12 bits per heavy atom. The van der Waals surface area contributed by atoms with Crippen LogP contribution in [0.25, 0.3) is 0 Å². The number of carbonyl (C=O) groups excluding carboxylic acids is 1. The molecule has 1 aliphatic rings. The van der Waals surface area contributed by atoms with Crippen molar-refractivity contribution in [1.82, 2.24) is 14.8 Å². The first kappa shape index (κ1) is 23.6. The molecule has 3 aromatic rings. The Kier molecular flexibility index (Phi) is 7.37. The van der Waals surface area contributed by atoms with Crippen LogP contribution in [0.2, 0.25) is 5.02 Å². The summed E-state index contributed by atoms with van der Waals surface area (Å²) in [5.41, 5.74) is 2.94. The predicted molar refractivity (Wildman–Crippen MR) is 129 cm³/mol. The quantitative estimate of drug-likeness (QED) is 0.422. The van der Waals surface area contributed by atoms with Crippen molar-refractivity contribution < 1.29 is 19.0 Å². The lowest BCUT2D eigenvalue weighted by Gasteiger charge is -2.28. The number of halogens is 1.